The fourth-order valence-corrected chi connectivity index (χ4v) is 3.46. The zero-order valence-corrected chi connectivity index (χ0v) is 13.0. The highest BCUT2D eigenvalue weighted by Crippen LogP contribution is 2.37. The monoisotopic (exact) mass is 301 g/mol. The van der Waals surface area contributed by atoms with E-state index in [1.807, 2.05) is 18.2 Å². The van der Waals surface area contributed by atoms with E-state index in [4.69, 9.17) is 0 Å². The normalized spacial score (nSPS) is 21.8. The number of rotatable bonds is 2. The summed E-state index contributed by atoms with van der Waals surface area (Å²) in [5.74, 6) is -0.896. The fourth-order valence-electron chi connectivity index (χ4n) is 3.22. The van der Waals surface area contributed by atoms with E-state index < -0.39 is 11.2 Å². The number of benzene rings is 2. The highest BCUT2D eigenvalue weighted by molar-refractivity contribution is 7.81. The van der Waals surface area contributed by atoms with Gasteiger partial charge in [0, 0.05) is 5.54 Å². The lowest BCUT2D eigenvalue weighted by Gasteiger charge is -2.40. The Labute approximate surface area is 129 Å². The number of thiol groups is 1. The maximum Gasteiger partial charge on any atom is 0.318 e. The molecule has 110 valence electrons. The SMILES string of the molecule is CC1(C)Cc2c(ccc3ccccc23)C(C(S)C(=O)O)N1. The van der Waals surface area contributed by atoms with Crippen LogP contribution in [0.2, 0.25) is 0 Å². The van der Waals surface area contributed by atoms with Gasteiger partial charge in [-0.3, -0.25) is 4.79 Å². The van der Waals surface area contributed by atoms with Crippen LogP contribution in [0.3, 0.4) is 0 Å². The Hall–Kier alpha value is -1.52. The van der Waals surface area contributed by atoms with Crippen molar-refractivity contribution in [3.05, 3.63) is 47.5 Å². The highest BCUT2D eigenvalue weighted by Gasteiger charge is 2.37. The van der Waals surface area contributed by atoms with Crippen LogP contribution >= 0.6 is 12.6 Å². The summed E-state index contributed by atoms with van der Waals surface area (Å²) in [4.78, 5) is 11.4. The molecule has 2 aromatic rings. The van der Waals surface area contributed by atoms with Gasteiger partial charge in [-0.25, -0.2) is 0 Å². The molecule has 2 aromatic carbocycles. The van der Waals surface area contributed by atoms with E-state index in [-0.39, 0.29) is 11.6 Å². The van der Waals surface area contributed by atoms with Crippen LogP contribution in [0, 0.1) is 0 Å². The molecule has 0 aromatic heterocycles. The number of hydrogen-bond acceptors (Lipinski definition) is 3. The number of nitrogens with one attached hydrogen (secondary N) is 1. The molecule has 3 nitrogen and oxygen atoms in total. The minimum atomic E-state index is -0.896. The third kappa shape index (κ3) is 2.54. The number of carboxylic acids is 1. The number of aliphatic carboxylic acids is 1. The van der Waals surface area contributed by atoms with Crippen LogP contribution in [0.15, 0.2) is 36.4 Å². The van der Waals surface area contributed by atoms with E-state index in [2.05, 4.69) is 50.0 Å². The molecule has 0 aliphatic carbocycles. The molecule has 0 spiro atoms. The summed E-state index contributed by atoms with van der Waals surface area (Å²) in [7, 11) is 0. The van der Waals surface area contributed by atoms with Gasteiger partial charge in [0.05, 0.1) is 6.04 Å². The molecule has 1 heterocycles. The molecule has 0 radical (unpaired) electrons. The van der Waals surface area contributed by atoms with Crippen molar-refractivity contribution >= 4 is 29.4 Å². The highest BCUT2D eigenvalue weighted by atomic mass is 32.1. The maximum atomic E-state index is 11.4. The van der Waals surface area contributed by atoms with Gasteiger partial charge in [-0.05, 0) is 42.2 Å². The first-order valence-corrected chi connectivity index (χ1v) is 7.60. The van der Waals surface area contributed by atoms with Gasteiger partial charge in [0.15, 0.2) is 0 Å². The summed E-state index contributed by atoms with van der Waals surface area (Å²) in [5, 5.41) is 14.4. The zero-order chi connectivity index (χ0) is 15.2. The van der Waals surface area contributed by atoms with Gasteiger partial charge >= 0.3 is 5.97 Å². The van der Waals surface area contributed by atoms with Crippen LogP contribution in [0.25, 0.3) is 10.8 Å². The zero-order valence-electron chi connectivity index (χ0n) is 12.1. The Morgan fingerprint density at radius 1 is 1.33 bits per heavy atom. The van der Waals surface area contributed by atoms with Crippen molar-refractivity contribution in [1.29, 1.82) is 0 Å². The molecular formula is C17H19NO2S. The van der Waals surface area contributed by atoms with Crippen LogP contribution in [0.5, 0.6) is 0 Å². The Bertz CT molecular complexity index is 711. The lowest BCUT2D eigenvalue weighted by atomic mass is 9.80. The molecule has 3 rings (SSSR count). The van der Waals surface area contributed by atoms with Crippen molar-refractivity contribution in [2.24, 2.45) is 0 Å². The molecule has 1 aliphatic heterocycles. The van der Waals surface area contributed by atoms with Gasteiger partial charge in [-0.2, -0.15) is 12.6 Å². The average molecular weight is 301 g/mol. The summed E-state index contributed by atoms with van der Waals surface area (Å²) in [5.41, 5.74) is 2.13. The Morgan fingerprint density at radius 3 is 2.76 bits per heavy atom. The summed E-state index contributed by atoms with van der Waals surface area (Å²) < 4.78 is 0. The van der Waals surface area contributed by atoms with Gasteiger partial charge in [0.1, 0.15) is 5.25 Å². The number of carboxylic acid groups (broad SMARTS) is 1. The molecule has 0 bridgehead atoms. The van der Waals surface area contributed by atoms with Gasteiger partial charge in [-0.15, -0.1) is 0 Å². The second-order valence-corrected chi connectivity index (χ2v) is 6.88. The molecule has 0 saturated heterocycles. The molecule has 2 unspecified atom stereocenters. The molecular weight excluding hydrogens is 282 g/mol. The first-order valence-electron chi connectivity index (χ1n) is 7.08. The van der Waals surface area contributed by atoms with Crippen LogP contribution in [0.1, 0.15) is 31.0 Å². The smallest absolute Gasteiger partial charge is 0.318 e. The van der Waals surface area contributed by atoms with Crippen LogP contribution in [-0.2, 0) is 11.2 Å². The lowest BCUT2D eigenvalue weighted by Crippen LogP contribution is -2.51. The van der Waals surface area contributed by atoms with Crippen molar-refractivity contribution in [1.82, 2.24) is 5.32 Å². The van der Waals surface area contributed by atoms with Crippen molar-refractivity contribution in [3.63, 3.8) is 0 Å². The summed E-state index contributed by atoms with van der Waals surface area (Å²) in [6.45, 7) is 4.21. The fraction of sp³-hybridized carbons (Fsp3) is 0.353. The van der Waals surface area contributed by atoms with Gasteiger partial charge in [0.2, 0.25) is 0 Å². The maximum absolute atomic E-state index is 11.4. The Balaban J connectivity index is 2.21. The summed E-state index contributed by atoms with van der Waals surface area (Å²) in [6.07, 6.45) is 0.875. The first-order chi connectivity index (χ1) is 9.89. The van der Waals surface area contributed by atoms with E-state index in [9.17, 15) is 9.90 Å². The van der Waals surface area contributed by atoms with E-state index in [0.29, 0.717) is 0 Å². The number of fused-ring (bicyclic) bond motifs is 3. The number of carbonyl (C=O) groups is 1. The second-order valence-electron chi connectivity index (χ2n) is 6.32. The van der Waals surface area contributed by atoms with Crippen molar-refractivity contribution in [2.45, 2.75) is 37.1 Å². The van der Waals surface area contributed by atoms with E-state index in [0.717, 1.165) is 12.0 Å². The molecule has 1 aliphatic rings. The van der Waals surface area contributed by atoms with E-state index in [1.165, 1.54) is 16.3 Å². The Morgan fingerprint density at radius 2 is 2.05 bits per heavy atom. The molecule has 2 atom stereocenters. The molecule has 4 heteroatoms. The first kappa shape index (κ1) is 14.4. The summed E-state index contributed by atoms with van der Waals surface area (Å²) in [6, 6.07) is 12.1. The summed E-state index contributed by atoms with van der Waals surface area (Å²) >= 11 is 4.30. The average Bonchev–Trinajstić information content (AvgIpc) is 2.44. The van der Waals surface area contributed by atoms with Gasteiger partial charge in [-0.1, -0.05) is 36.4 Å². The van der Waals surface area contributed by atoms with Gasteiger partial charge < -0.3 is 10.4 Å². The molecule has 0 fully saturated rings. The Kier molecular flexibility index (Phi) is 3.46. The second kappa shape index (κ2) is 5.04. The van der Waals surface area contributed by atoms with Crippen molar-refractivity contribution < 1.29 is 9.90 Å². The van der Waals surface area contributed by atoms with Gasteiger partial charge in [0.25, 0.3) is 0 Å². The van der Waals surface area contributed by atoms with Crippen LogP contribution in [-0.4, -0.2) is 21.9 Å². The predicted molar refractivity (Wildman–Crippen MR) is 88.0 cm³/mol. The van der Waals surface area contributed by atoms with Crippen LogP contribution in [0.4, 0.5) is 0 Å². The topological polar surface area (TPSA) is 49.3 Å². The standard InChI is InChI=1S/C17H19NO2S/c1-17(2)9-13-11-6-4-3-5-10(11)7-8-12(13)14(18-17)15(21)16(19)20/h3-8,14-15,18,21H,9H2,1-2H3,(H,19,20). The van der Waals surface area contributed by atoms with Crippen LogP contribution < -0.4 is 5.32 Å². The molecule has 2 N–H and O–H groups in total. The minimum Gasteiger partial charge on any atom is -0.480 e. The molecule has 0 amide bonds. The lowest BCUT2D eigenvalue weighted by molar-refractivity contribution is -0.137. The minimum absolute atomic E-state index is 0.155. The predicted octanol–water partition coefficient (Wildman–Crippen LogP) is 3.19. The molecule has 21 heavy (non-hydrogen) atoms. The third-order valence-electron chi connectivity index (χ3n) is 4.15. The van der Waals surface area contributed by atoms with E-state index >= 15 is 0 Å². The van der Waals surface area contributed by atoms with Crippen molar-refractivity contribution in [3.8, 4) is 0 Å². The molecule has 0 saturated carbocycles. The van der Waals surface area contributed by atoms with Crippen molar-refractivity contribution in [2.75, 3.05) is 0 Å². The number of hydrogen-bond donors (Lipinski definition) is 3. The largest absolute Gasteiger partial charge is 0.480 e. The van der Waals surface area contributed by atoms with E-state index in [1.54, 1.807) is 0 Å². The third-order valence-corrected chi connectivity index (χ3v) is 4.66. The quantitative estimate of drug-likeness (QED) is 0.747.